The Morgan fingerprint density at radius 2 is 2.00 bits per heavy atom. The number of methoxy groups -OCH3 is 1. The molecule has 0 aliphatic heterocycles. The van der Waals surface area contributed by atoms with Crippen LogP contribution in [0.2, 0.25) is 5.02 Å². The summed E-state index contributed by atoms with van der Waals surface area (Å²) in [6, 6.07) is 18.2. The van der Waals surface area contributed by atoms with Crippen LogP contribution in [0.4, 0.5) is 22.9 Å². The van der Waals surface area contributed by atoms with E-state index in [9.17, 15) is 15.4 Å². The molecule has 0 spiro atoms. The second-order valence-corrected chi connectivity index (χ2v) is 8.49. The molecule has 182 valence electrons. The van der Waals surface area contributed by atoms with E-state index in [1.807, 2.05) is 48.7 Å². The van der Waals surface area contributed by atoms with Crippen molar-refractivity contribution in [1.82, 2.24) is 15.0 Å². The van der Waals surface area contributed by atoms with E-state index in [-0.39, 0.29) is 17.0 Å². The number of nitro groups is 1. The van der Waals surface area contributed by atoms with Gasteiger partial charge in [0.05, 0.1) is 33.8 Å². The van der Waals surface area contributed by atoms with Crippen LogP contribution in [0.15, 0.2) is 79.4 Å². The van der Waals surface area contributed by atoms with Crippen LogP contribution >= 0.6 is 11.6 Å². The van der Waals surface area contributed by atoms with Gasteiger partial charge in [-0.1, -0.05) is 35.9 Å². The van der Waals surface area contributed by atoms with E-state index in [1.54, 1.807) is 17.3 Å². The van der Waals surface area contributed by atoms with Gasteiger partial charge in [0.15, 0.2) is 5.75 Å². The average molecular weight is 511 g/mol. The molecule has 0 saturated heterocycles. The Morgan fingerprint density at radius 1 is 1.19 bits per heavy atom. The zero-order valence-electron chi connectivity index (χ0n) is 19.6. The third-order valence-electron chi connectivity index (χ3n) is 5.91. The summed E-state index contributed by atoms with van der Waals surface area (Å²) < 4.78 is 5.23. The highest BCUT2D eigenvalue weighted by atomic mass is 35.5. The van der Waals surface area contributed by atoms with Gasteiger partial charge >= 0.3 is 5.69 Å². The quantitative estimate of drug-likeness (QED) is 0.197. The molecule has 10 heteroatoms. The lowest BCUT2D eigenvalue weighted by Gasteiger charge is -2.26. The molecule has 5 rings (SSSR count). The van der Waals surface area contributed by atoms with Gasteiger partial charge in [0, 0.05) is 54.4 Å². The van der Waals surface area contributed by atoms with Crippen molar-refractivity contribution in [3.05, 3.63) is 111 Å². The van der Waals surface area contributed by atoms with Gasteiger partial charge < -0.3 is 9.72 Å². The Balaban J connectivity index is 1.78. The monoisotopic (exact) mass is 510 g/mol. The summed E-state index contributed by atoms with van der Waals surface area (Å²) in [7, 11) is 1.36. The SMILES string of the molecule is COc1cc2ncc(C#N)c(N(c3ccccc3)c3[nH]cc(Cc4cccnc4)c3Cl)c2cc1[N+](=O)[O-]. The van der Waals surface area contributed by atoms with Gasteiger partial charge in [0.25, 0.3) is 0 Å². The summed E-state index contributed by atoms with van der Waals surface area (Å²) in [6.45, 7) is 0. The first kappa shape index (κ1) is 23.8. The fourth-order valence-electron chi connectivity index (χ4n) is 4.22. The lowest BCUT2D eigenvalue weighted by atomic mass is 10.1. The topological polar surface area (TPSA) is 121 Å². The van der Waals surface area contributed by atoms with Crippen LogP contribution in [-0.4, -0.2) is 27.0 Å². The smallest absolute Gasteiger partial charge is 0.311 e. The Kier molecular flexibility index (Phi) is 6.41. The highest BCUT2D eigenvalue weighted by Gasteiger charge is 2.27. The van der Waals surface area contributed by atoms with Crippen LogP contribution in [0.3, 0.4) is 0 Å². The lowest BCUT2D eigenvalue weighted by molar-refractivity contribution is -0.385. The molecule has 1 N–H and O–H groups in total. The number of pyridine rings is 2. The second-order valence-electron chi connectivity index (χ2n) is 8.12. The summed E-state index contributed by atoms with van der Waals surface area (Å²) in [6.07, 6.45) is 7.26. The number of fused-ring (bicyclic) bond motifs is 1. The van der Waals surface area contributed by atoms with Gasteiger partial charge in [-0.25, -0.2) is 0 Å². The highest BCUT2D eigenvalue weighted by Crippen LogP contribution is 2.45. The fraction of sp³-hybridized carbons (Fsp3) is 0.0741. The van der Waals surface area contributed by atoms with Crippen LogP contribution in [0.5, 0.6) is 5.75 Å². The number of aromatic nitrogens is 3. The second kappa shape index (κ2) is 9.97. The molecular formula is C27H19ClN6O3. The van der Waals surface area contributed by atoms with E-state index in [1.165, 1.54) is 25.4 Å². The maximum Gasteiger partial charge on any atom is 0.311 e. The zero-order chi connectivity index (χ0) is 25.9. The van der Waals surface area contributed by atoms with Gasteiger partial charge in [0.1, 0.15) is 11.9 Å². The summed E-state index contributed by atoms with van der Waals surface area (Å²) in [5.41, 5.74) is 3.32. The highest BCUT2D eigenvalue weighted by molar-refractivity contribution is 6.34. The molecule has 0 aliphatic carbocycles. The molecule has 0 unspecified atom stereocenters. The number of rotatable bonds is 7. The maximum atomic E-state index is 11.8. The van der Waals surface area contributed by atoms with Crippen LogP contribution in [0.1, 0.15) is 16.7 Å². The largest absolute Gasteiger partial charge is 0.490 e. The third kappa shape index (κ3) is 4.42. The summed E-state index contributed by atoms with van der Waals surface area (Å²) >= 11 is 6.92. The Morgan fingerprint density at radius 3 is 2.68 bits per heavy atom. The Labute approximate surface area is 216 Å². The van der Waals surface area contributed by atoms with Crippen molar-refractivity contribution < 1.29 is 9.66 Å². The van der Waals surface area contributed by atoms with Gasteiger partial charge in [-0.2, -0.15) is 5.26 Å². The first-order chi connectivity index (χ1) is 18.0. The molecule has 3 aromatic heterocycles. The van der Waals surface area contributed by atoms with Crippen molar-refractivity contribution >= 4 is 45.4 Å². The normalized spacial score (nSPS) is 10.7. The number of nitrogens with one attached hydrogen (secondary N) is 1. The molecule has 0 atom stereocenters. The van der Waals surface area contributed by atoms with E-state index < -0.39 is 4.92 Å². The summed E-state index contributed by atoms with van der Waals surface area (Å²) in [5, 5.41) is 22.7. The van der Waals surface area contributed by atoms with E-state index in [0.717, 1.165) is 11.1 Å². The molecule has 0 fully saturated rings. The van der Waals surface area contributed by atoms with Crippen molar-refractivity contribution in [3.63, 3.8) is 0 Å². The number of aromatic amines is 1. The number of nitro benzene ring substituents is 1. The molecule has 37 heavy (non-hydrogen) atoms. The van der Waals surface area contributed by atoms with E-state index in [2.05, 4.69) is 21.0 Å². The number of hydrogen-bond donors (Lipinski definition) is 1. The van der Waals surface area contributed by atoms with Crippen LogP contribution < -0.4 is 9.64 Å². The minimum absolute atomic E-state index is 0.0728. The number of hydrogen-bond acceptors (Lipinski definition) is 7. The standard InChI is InChI=1S/C27H19ClN6O3/c1-37-24-12-22-21(11-23(24)34(35)36)26(19(13-29)16-31-22)33(20-7-3-2-4-8-20)27-25(28)18(15-32-27)10-17-6-5-9-30-14-17/h2-9,11-12,14-16,32H,10H2,1H3. The number of H-pyrrole nitrogens is 1. The van der Waals surface area contributed by atoms with E-state index >= 15 is 0 Å². The van der Waals surface area contributed by atoms with Crippen molar-refractivity contribution in [2.45, 2.75) is 6.42 Å². The van der Waals surface area contributed by atoms with Gasteiger partial charge in [-0.3, -0.25) is 25.0 Å². The molecule has 0 saturated carbocycles. The van der Waals surface area contributed by atoms with Crippen LogP contribution in [0.25, 0.3) is 10.9 Å². The minimum Gasteiger partial charge on any atom is -0.490 e. The third-order valence-corrected chi connectivity index (χ3v) is 6.33. The summed E-state index contributed by atoms with van der Waals surface area (Å²) in [4.78, 5) is 24.9. The molecule has 0 bridgehead atoms. The number of nitrogens with zero attached hydrogens (tertiary/aromatic N) is 5. The molecule has 0 radical (unpaired) electrons. The number of anilines is 3. The van der Waals surface area contributed by atoms with Crippen molar-refractivity contribution in [2.24, 2.45) is 0 Å². The average Bonchev–Trinajstić information content (AvgIpc) is 3.28. The molecule has 3 heterocycles. The van der Waals surface area contributed by atoms with Crippen molar-refractivity contribution in [2.75, 3.05) is 12.0 Å². The number of benzene rings is 2. The molecular weight excluding hydrogens is 492 g/mol. The van der Waals surface area contributed by atoms with Crippen LogP contribution in [0, 0.1) is 21.4 Å². The Bertz CT molecular complexity index is 1650. The number of halogens is 1. The summed E-state index contributed by atoms with van der Waals surface area (Å²) in [5.74, 6) is 0.581. The predicted molar refractivity (Wildman–Crippen MR) is 141 cm³/mol. The predicted octanol–water partition coefficient (Wildman–Crippen LogP) is 6.46. The number of ether oxygens (including phenoxy) is 1. The molecule has 9 nitrogen and oxygen atoms in total. The van der Waals surface area contributed by atoms with Crippen molar-refractivity contribution in [3.8, 4) is 11.8 Å². The number of nitriles is 1. The first-order valence-electron chi connectivity index (χ1n) is 11.2. The van der Waals surface area contributed by atoms with Crippen molar-refractivity contribution in [1.29, 1.82) is 5.26 Å². The minimum atomic E-state index is -0.526. The fourth-order valence-corrected chi connectivity index (χ4v) is 4.48. The van der Waals surface area contributed by atoms with Crippen LogP contribution in [-0.2, 0) is 6.42 Å². The lowest BCUT2D eigenvalue weighted by Crippen LogP contribution is -2.13. The Hall–Kier alpha value is -4.94. The maximum absolute atomic E-state index is 11.8. The van der Waals surface area contributed by atoms with Gasteiger partial charge in [0.2, 0.25) is 0 Å². The van der Waals surface area contributed by atoms with E-state index in [0.29, 0.717) is 39.5 Å². The molecule has 0 amide bonds. The molecule has 2 aromatic carbocycles. The molecule has 5 aromatic rings. The van der Waals surface area contributed by atoms with E-state index in [4.69, 9.17) is 16.3 Å². The molecule has 0 aliphatic rings. The van der Waals surface area contributed by atoms with Gasteiger partial charge in [-0.05, 0) is 29.3 Å². The first-order valence-corrected chi connectivity index (χ1v) is 11.5. The zero-order valence-corrected chi connectivity index (χ0v) is 20.3. The number of para-hydroxylation sites is 1. The van der Waals surface area contributed by atoms with Gasteiger partial charge in [-0.15, -0.1) is 0 Å².